The van der Waals surface area contributed by atoms with E-state index >= 15 is 0 Å². The number of fused-ring (bicyclic) bond motifs is 2. The maximum atomic E-state index is 14.0. The lowest BCUT2D eigenvalue weighted by Gasteiger charge is -2.23. The number of nitrogens with zero attached hydrogens (tertiary/aromatic N) is 4. The highest BCUT2D eigenvalue weighted by Crippen LogP contribution is 2.42. The van der Waals surface area contributed by atoms with E-state index in [2.05, 4.69) is 16.0 Å². The van der Waals surface area contributed by atoms with Crippen molar-refractivity contribution in [3.8, 4) is 17.2 Å². The van der Waals surface area contributed by atoms with Crippen LogP contribution in [0, 0.1) is 17.1 Å². The van der Waals surface area contributed by atoms with Gasteiger partial charge in [0, 0.05) is 41.8 Å². The van der Waals surface area contributed by atoms with Crippen molar-refractivity contribution in [2.24, 2.45) is 0 Å². The normalized spacial score (nSPS) is 12.8. The van der Waals surface area contributed by atoms with E-state index in [1.165, 1.54) is 6.07 Å². The molecule has 0 fully saturated rings. The van der Waals surface area contributed by atoms with E-state index in [4.69, 9.17) is 11.6 Å². The highest BCUT2D eigenvalue weighted by Gasteiger charge is 2.26. The first kappa shape index (κ1) is 19.4. The Morgan fingerprint density at radius 3 is 2.81 bits per heavy atom. The SMILES string of the molecule is N#Cc1cnc2ccc(-c3cncc(CO)c3)cc2c1N1CCc2cc(F)c(Cl)cc21. The van der Waals surface area contributed by atoms with Crippen LogP contribution in [0.15, 0.2) is 55.0 Å². The van der Waals surface area contributed by atoms with Gasteiger partial charge in [-0.25, -0.2) is 4.39 Å². The number of anilines is 2. The first-order valence-electron chi connectivity index (χ1n) is 9.72. The Morgan fingerprint density at radius 1 is 1.13 bits per heavy atom. The second-order valence-corrected chi connectivity index (χ2v) is 7.81. The van der Waals surface area contributed by atoms with Crippen molar-refractivity contribution in [2.75, 3.05) is 11.4 Å². The van der Waals surface area contributed by atoms with Gasteiger partial charge in [-0.05, 0) is 53.4 Å². The van der Waals surface area contributed by atoms with E-state index < -0.39 is 5.82 Å². The molecule has 0 radical (unpaired) electrons. The third kappa shape index (κ3) is 3.28. The molecule has 152 valence electrons. The van der Waals surface area contributed by atoms with Gasteiger partial charge < -0.3 is 10.0 Å². The highest BCUT2D eigenvalue weighted by atomic mass is 35.5. The largest absolute Gasteiger partial charge is 0.392 e. The summed E-state index contributed by atoms with van der Waals surface area (Å²) in [7, 11) is 0. The van der Waals surface area contributed by atoms with Crippen LogP contribution in [0.4, 0.5) is 15.8 Å². The van der Waals surface area contributed by atoms with Crippen molar-refractivity contribution in [3.63, 3.8) is 0 Å². The number of pyridine rings is 2. The van der Waals surface area contributed by atoms with Gasteiger partial charge in [0.25, 0.3) is 0 Å². The molecule has 1 aliphatic rings. The summed E-state index contributed by atoms with van der Waals surface area (Å²) in [5.74, 6) is -0.444. The van der Waals surface area contributed by atoms with E-state index in [1.54, 1.807) is 24.7 Å². The van der Waals surface area contributed by atoms with Gasteiger partial charge in [-0.3, -0.25) is 9.97 Å². The Morgan fingerprint density at radius 2 is 2.00 bits per heavy atom. The van der Waals surface area contributed by atoms with Gasteiger partial charge in [-0.1, -0.05) is 17.7 Å². The molecule has 0 amide bonds. The van der Waals surface area contributed by atoms with Crippen molar-refractivity contribution < 1.29 is 9.50 Å². The van der Waals surface area contributed by atoms with Gasteiger partial charge in [-0.2, -0.15) is 5.26 Å². The maximum absolute atomic E-state index is 14.0. The monoisotopic (exact) mass is 430 g/mol. The van der Waals surface area contributed by atoms with Crippen molar-refractivity contribution >= 4 is 33.9 Å². The summed E-state index contributed by atoms with van der Waals surface area (Å²) in [6, 6.07) is 13.0. The zero-order valence-corrected chi connectivity index (χ0v) is 17.1. The van der Waals surface area contributed by atoms with Crippen LogP contribution in [0.25, 0.3) is 22.0 Å². The predicted molar refractivity (Wildman–Crippen MR) is 118 cm³/mol. The Labute approximate surface area is 183 Å². The van der Waals surface area contributed by atoms with Gasteiger partial charge in [0.15, 0.2) is 0 Å². The molecule has 0 spiro atoms. The zero-order chi connectivity index (χ0) is 21.5. The number of halogens is 2. The topological polar surface area (TPSA) is 73.0 Å². The molecule has 5 rings (SSSR count). The smallest absolute Gasteiger partial charge is 0.142 e. The van der Waals surface area contributed by atoms with Crippen molar-refractivity contribution in [2.45, 2.75) is 13.0 Å². The second-order valence-electron chi connectivity index (χ2n) is 7.40. The summed E-state index contributed by atoms with van der Waals surface area (Å²) in [6.07, 6.45) is 5.57. The van der Waals surface area contributed by atoms with Crippen molar-refractivity contribution in [1.29, 1.82) is 5.26 Å². The molecule has 0 atom stereocenters. The standard InChI is InChI=1S/C24H16ClFN4O/c25-20-8-23-16(7-21(20)26)3-4-30(23)24-18(9-27)12-29-22-2-1-15(6-19(22)24)17-5-14(13-31)10-28-11-17/h1-2,5-8,10-12,31H,3-4,13H2. The van der Waals surface area contributed by atoms with Crippen LogP contribution >= 0.6 is 11.6 Å². The van der Waals surface area contributed by atoms with Crippen LogP contribution in [0.1, 0.15) is 16.7 Å². The van der Waals surface area contributed by atoms with Gasteiger partial charge in [0.1, 0.15) is 11.9 Å². The average molecular weight is 431 g/mol. The first-order chi connectivity index (χ1) is 15.1. The molecule has 0 aliphatic carbocycles. The minimum Gasteiger partial charge on any atom is -0.392 e. The third-order valence-electron chi connectivity index (χ3n) is 5.56. The molecule has 4 aromatic rings. The Hall–Kier alpha value is -3.53. The molecule has 2 aromatic heterocycles. The molecule has 1 N–H and O–H groups in total. The van der Waals surface area contributed by atoms with Crippen LogP contribution in [0.2, 0.25) is 5.02 Å². The Balaban J connectivity index is 1.73. The summed E-state index contributed by atoms with van der Waals surface area (Å²) in [4.78, 5) is 10.7. The summed E-state index contributed by atoms with van der Waals surface area (Å²) in [5.41, 5.74) is 6.01. The van der Waals surface area contributed by atoms with E-state index in [-0.39, 0.29) is 11.6 Å². The number of aromatic nitrogens is 2. The van der Waals surface area contributed by atoms with Crippen molar-refractivity contribution in [3.05, 3.63) is 82.5 Å². The number of rotatable bonds is 3. The number of aliphatic hydroxyl groups is 1. The average Bonchev–Trinajstić information content (AvgIpc) is 3.20. The molecular weight excluding hydrogens is 415 g/mol. The lowest BCUT2D eigenvalue weighted by Crippen LogP contribution is -2.15. The zero-order valence-electron chi connectivity index (χ0n) is 16.3. The molecule has 0 saturated heterocycles. The minimum absolute atomic E-state index is 0.0510. The number of nitriles is 1. The fourth-order valence-corrected chi connectivity index (χ4v) is 4.23. The molecule has 0 unspecified atom stereocenters. The molecule has 0 bridgehead atoms. The number of hydrogen-bond donors (Lipinski definition) is 1. The number of aliphatic hydroxyl groups excluding tert-OH is 1. The van der Waals surface area contributed by atoms with Crippen LogP contribution in [0.5, 0.6) is 0 Å². The van der Waals surface area contributed by atoms with Crippen molar-refractivity contribution in [1.82, 2.24) is 9.97 Å². The molecule has 0 saturated carbocycles. The van der Waals surface area contributed by atoms with Crippen LogP contribution in [0.3, 0.4) is 0 Å². The second kappa shape index (κ2) is 7.62. The quantitative estimate of drug-likeness (QED) is 0.486. The summed E-state index contributed by atoms with van der Waals surface area (Å²) in [6.45, 7) is 0.510. The molecule has 31 heavy (non-hydrogen) atoms. The van der Waals surface area contributed by atoms with Crippen LogP contribution in [-0.2, 0) is 13.0 Å². The predicted octanol–water partition coefficient (Wildman–Crippen LogP) is 5.15. The fraction of sp³-hybridized carbons (Fsp3) is 0.125. The summed E-state index contributed by atoms with van der Waals surface area (Å²) < 4.78 is 14.0. The van der Waals surface area contributed by atoms with Crippen LogP contribution < -0.4 is 4.90 Å². The summed E-state index contributed by atoms with van der Waals surface area (Å²) >= 11 is 6.06. The third-order valence-corrected chi connectivity index (χ3v) is 5.85. The fourth-order valence-electron chi connectivity index (χ4n) is 4.08. The lowest BCUT2D eigenvalue weighted by atomic mass is 10.0. The van der Waals surface area contributed by atoms with Gasteiger partial charge in [0.05, 0.1) is 28.4 Å². The number of hydrogen-bond acceptors (Lipinski definition) is 5. The summed E-state index contributed by atoms with van der Waals surface area (Å²) in [5, 5.41) is 20.1. The molecule has 2 aromatic carbocycles. The van der Waals surface area contributed by atoms with E-state index in [0.29, 0.717) is 24.1 Å². The highest BCUT2D eigenvalue weighted by molar-refractivity contribution is 6.31. The Bertz CT molecular complexity index is 1380. The molecule has 7 heteroatoms. The van der Waals surface area contributed by atoms with Crippen LogP contribution in [-0.4, -0.2) is 21.6 Å². The molecule has 3 heterocycles. The molecular formula is C24H16ClFN4O. The van der Waals surface area contributed by atoms with Gasteiger partial charge >= 0.3 is 0 Å². The van der Waals surface area contributed by atoms with E-state index in [0.717, 1.165) is 39.0 Å². The maximum Gasteiger partial charge on any atom is 0.142 e. The number of benzene rings is 2. The molecule has 1 aliphatic heterocycles. The lowest BCUT2D eigenvalue weighted by molar-refractivity contribution is 0.281. The van der Waals surface area contributed by atoms with E-state index in [1.807, 2.05) is 29.2 Å². The van der Waals surface area contributed by atoms with Gasteiger partial charge in [-0.15, -0.1) is 0 Å². The first-order valence-corrected chi connectivity index (χ1v) is 10.1. The van der Waals surface area contributed by atoms with E-state index in [9.17, 15) is 14.8 Å². The minimum atomic E-state index is -0.444. The molecule has 5 nitrogen and oxygen atoms in total. The van der Waals surface area contributed by atoms with Gasteiger partial charge in [0.2, 0.25) is 0 Å². The Kier molecular flexibility index (Phi) is 4.78.